The molecule has 0 aromatic heterocycles. The molecule has 1 atom stereocenters. The number of aliphatic hydroxyl groups excluding tert-OH is 1. The number of benzene rings is 1. The Morgan fingerprint density at radius 2 is 1.93 bits per heavy atom. The van der Waals surface area contributed by atoms with Gasteiger partial charge in [0.05, 0.1) is 23.8 Å². The fourth-order valence-corrected chi connectivity index (χ4v) is 3.47. The molecule has 0 spiro atoms. The van der Waals surface area contributed by atoms with E-state index in [1.165, 1.54) is 15.9 Å². The summed E-state index contributed by atoms with van der Waals surface area (Å²) in [7, 11) is 0. The van der Waals surface area contributed by atoms with Crippen molar-refractivity contribution in [1.29, 1.82) is 0 Å². The summed E-state index contributed by atoms with van der Waals surface area (Å²) in [6.07, 6.45) is -5.29. The van der Waals surface area contributed by atoms with Gasteiger partial charge in [-0.2, -0.15) is 13.2 Å². The van der Waals surface area contributed by atoms with E-state index < -0.39 is 47.6 Å². The standard InChI is InChI=1S/C18H21F3N2O4/c1-17(2,3)27-16(26)22-4-5-23-13(8-22)11-6-10(9-24)7-12(18(19,20)21)14(11)15(23)25/h6-7,13,24H,4-5,8-9H2,1-3H3/t13-/m0/s1. The van der Waals surface area contributed by atoms with E-state index in [9.17, 15) is 27.9 Å². The monoisotopic (exact) mass is 386 g/mol. The number of hydrogen-bond acceptors (Lipinski definition) is 4. The van der Waals surface area contributed by atoms with Crippen molar-refractivity contribution < 1.29 is 32.6 Å². The maximum atomic E-state index is 13.5. The maximum absolute atomic E-state index is 13.5. The van der Waals surface area contributed by atoms with Gasteiger partial charge in [0.25, 0.3) is 5.91 Å². The fourth-order valence-electron chi connectivity index (χ4n) is 3.47. The number of carbonyl (C=O) groups is 2. The average Bonchev–Trinajstić information content (AvgIpc) is 2.84. The molecule has 27 heavy (non-hydrogen) atoms. The largest absolute Gasteiger partial charge is 0.444 e. The summed E-state index contributed by atoms with van der Waals surface area (Å²) in [6, 6.07) is 1.52. The van der Waals surface area contributed by atoms with Crippen LogP contribution in [0, 0.1) is 0 Å². The molecule has 1 saturated heterocycles. The topological polar surface area (TPSA) is 70.1 Å². The van der Waals surface area contributed by atoms with Gasteiger partial charge in [-0.05, 0) is 38.0 Å². The highest BCUT2D eigenvalue weighted by Gasteiger charge is 2.47. The summed E-state index contributed by atoms with van der Waals surface area (Å²) in [6.45, 7) is 4.92. The van der Waals surface area contributed by atoms with Crippen molar-refractivity contribution in [3.05, 3.63) is 34.4 Å². The molecule has 2 amide bonds. The van der Waals surface area contributed by atoms with Crippen LogP contribution in [0.2, 0.25) is 0 Å². The molecule has 9 heteroatoms. The lowest BCUT2D eigenvalue weighted by Crippen LogP contribution is -2.50. The third-order valence-electron chi connectivity index (χ3n) is 4.58. The first-order chi connectivity index (χ1) is 12.4. The Balaban J connectivity index is 1.98. The SMILES string of the molecule is CC(C)(C)OC(=O)N1CCN2C(=O)c3c(cc(CO)cc3C(F)(F)F)[C@@H]2C1. The first-order valence-corrected chi connectivity index (χ1v) is 8.56. The van der Waals surface area contributed by atoms with Gasteiger partial charge in [0.2, 0.25) is 0 Å². The summed E-state index contributed by atoms with van der Waals surface area (Å²) < 4.78 is 45.7. The zero-order valence-corrected chi connectivity index (χ0v) is 15.3. The van der Waals surface area contributed by atoms with Gasteiger partial charge in [0.1, 0.15) is 5.60 Å². The summed E-state index contributed by atoms with van der Waals surface area (Å²) in [5.74, 6) is -0.698. The molecule has 3 rings (SSSR count). The Kier molecular flexibility index (Phi) is 4.62. The van der Waals surface area contributed by atoms with E-state index in [0.29, 0.717) is 0 Å². The summed E-state index contributed by atoms with van der Waals surface area (Å²) in [5.41, 5.74) is -1.88. The fraction of sp³-hybridized carbons (Fsp3) is 0.556. The van der Waals surface area contributed by atoms with Crippen LogP contribution in [0.3, 0.4) is 0 Å². The van der Waals surface area contributed by atoms with Gasteiger partial charge in [0, 0.05) is 19.6 Å². The van der Waals surface area contributed by atoms with Crippen molar-refractivity contribution in [1.82, 2.24) is 9.80 Å². The van der Waals surface area contributed by atoms with Gasteiger partial charge < -0.3 is 19.6 Å². The van der Waals surface area contributed by atoms with E-state index in [2.05, 4.69) is 0 Å². The molecule has 1 aromatic carbocycles. The van der Waals surface area contributed by atoms with Gasteiger partial charge in [-0.3, -0.25) is 4.79 Å². The Bertz CT molecular complexity index is 786. The first kappa shape index (κ1) is 19.5. The highest BCUT2D eigenvalue weighted by molar-refractivity contribution is 6.01. The van der Waals surface area contributed by atoms with E-state index in [0.717, 1.165) is 6.07 Å². The Morgan fingerprint density at radius 1 is 1.26 bits per heavy atom. The van der Waals surface area contributed by atoms with Crippen LogP contribution in [0.5, 0.6) is 0 Å². The molecule has 0 bridgehead atoms. The highest BCUT2D eigenvalue weighted by Crippen LogP contribution is 2.43. The number of aliphatic hydroxyl groups is 1. The van der Waals surface area contributed by atoms with Gasteiger partial charge in [-0.15, -0.1) is 0 Å². The number of hydrogen-bond donors (Lipinski definition) is 1. The van der Waals surface area contributed by atoms with Crippen molar-refractivity contribution >= 4 is 12.0 Å². The molecule has 2 heterocycles. The number of nitrogens with zero attached hydrogens (tertiary/aromatic N) is 2. The van der Waals surface area contributed by atoms with Crippen molar-refractivity contribution in [3.63, 3.8) is 0 Å². The second kappa shape index (κ2) is 6.40. The zero-order valence-electron chi connectivity index (χ0n) is 15.3. The minimum Gasteiger partial charge on any atom is -0.444 e. The molecule has 0 unspecified atom stereocenters. The lowest BCUT2D eigenvalue weighted by atomic mass is 9.95. The zero-order chi connectivity index (χ0) is 20.1. The van der Waals surface area contributed by atoms with E-state index in [1.54, 1.807) is 20.8 Å². The Hall–Kier alpha value is -2.29. The van der Waals surface area contributed by atoms with Crippen molar-refractivity contribution in [2.24, 2.45) is 0 Å². The predicted molar refractivity (Wildman–Crippen MR) is 89.0 cm³/mol. The number of rotatable bonds is 1. The number of piperazine rings is 1. The van der Waals surface area contributed by atoms with E-state index >= 15 is 0 Å². The molecule has 6 nitrogen and oxygen atoms in total. The van der Waals surface area contributed by atoms with Crippen LogP contribution >= 0.6 is 0 Å². The van der Waals surface area contributed by atoms with Crippen LogP contribution < -0.4 is 0 Å². The molecule has 1 aromatic rings. The predicted octanol–water partition coefficient (Wildman–Crippen LogP) is 2.95. The van der Waals surface area contributed by atoms with Gasteiger partial charge in [0.15, 0.2) is 0 Å². The number of amides is 2. The second-order valence-corrected chi connectivity index (χ2v) is 7.70. The van der Waals surface area contributed by atoms with Crippen molar-refractivity contribution in [2.45, 2.75) is 45.2 Å². The Morgan fingerprint density at radius 3 is 2.48 bits per heavy atom. The number of fused-ring (bicyclic) bond motifs is 3. The molecule has 0 aliphatic carbocycles. The molecule has 1 fully saturated rings. The van der Waals surface area contributed by atoms with Crippen LogP contribution in [-0.4, -0.2) is 52.1 Å². The lowest BCUT2D eigenvalue weighted by Gasteiger charge is -2.38. The normalized spacial score (nSPS) is 19.8. The van der Waals surface area contributed by atoms with E-state index in [4.69, 9.17) is 4.74 Å². The average molecular weight is 386 g/mol. The van der Waals surface area contributed by atoms with Gasteiger partial charge in [-0.25, -0.2) is 4.79 Å². The van der Waals surface area contributed by atoms with Gasteiger partial charge >= 0.3 is 12.3 Å². The quantitative estimate of drug-likeness (QED) is 0.806. The summed E-state index contributed by atoms with van der Waals surface area (Å²) in [4.78, 5) is 27.7. The molecule has 2 aliphatic rings. The minimum atomic E-state index is -4.72. The van der Waals surface area contributed by atoms with Crippen LogP contribution in [0.15, 0.2) is 12.1 Å². The van der Waals surface area contributed by atoms with Crippen LogP contribution in [-0.2, 0) is 17.5 Å². The second-order valence-electron chi connectivity index (χ2n) is 7.70. The van der Waals surface area contributed by atoms with Gasteiger partial charge in [-0.1, -0.05) is 6.07 Å². The highest BCUT2D eigenvalue weighted by atomic mass is 19.4. The maximum Gasteiger partial charge on any atom is 0.417 e. The number of carbonyl (C=O) groups excluding carboxylic acids is 2. The molecule has 0 saturated carbocycles. The lowest BCUT2D eigenvalue weighted by molar-refractivity contribution is -0.138. The van der Waals surface area contributed by atoms with Crippen molar-refractivity contribution in [2.75, 3.05) is 19.6 Å². The van der Waals surface area contributed by atoms with Crippen LogP contribution in [0.1, 0.15) is 53.9 Å². The number of ether oxygens (including phenoxy) is 1. The van der Waals surface area contributed by atoms with Crippen LogP contribution in [0.4, 0.5) is 18.0 Å². The van der Waals surface area contributed by atoms with E-state index in [-0.39, 0.29) is 30.8 Å². The molecule has 0 radical (unpaired) electrons. The molecule has 1 N–H and O–H groups in total. The summed E-state index contributed by atoms with van der Waals surface area (Å²) >= 11 is 0. The third-order valence-corrected chi connectivity index (χ3v) is 4.58. The molecule has 2 aliphatic heterocycles. The summed E-state index contributed by atoms with van der Waals surface area (Å²) in [5, 5.41) is 9.34. The number of halogens is 3. The van der Waals surface area contributed by atoms with Crippen LogP contribution in [0.25, 0.3) is 0 Å². The van der Waals surface area contributed by atoms with E-state index in [1.807, 2.05) is 0 Å². The minimum absolute atomic E-state index is 0.0415. The number of alkyl halides is 3. The van der Waals surface area contributed by atoms with Crippen molar-refractivity contribution in [3.8, 4) is 0 Å². The molecule has 148 valence electrons. The smallest absolute Gasteiger partial charge is 0.417 e. The molecular weight excluding hydrogens is 365 g/mol. The first-order valence-electron chi connectivity index (χ1n) is 8.56. The molecular formula is C18H21F3N2O4. The Labute approximate surface area is 154 Å². The third kappa shape index (κ3) is 3.60.